The average molecular weight is 560 g/mol. The summed E-state index contributed by atoms with van der Waals surface area (Å²) in [5.41, 5.74) is 2.50. The highest BCUT2D eigenvalue weighted by molar-refractivity contribution is 8.03. The Kier molecular flexibility index (Phi) is 8.56. The number of aryl methyl sites for hydroxylation is 1. The quantitative estimate of drug-likeness (QED) is 0.236. The van der Waals surface area contributed by atoms with Crippen molar-refractivity contribution in [3.05, 3.63) is 104 Å². The minimum Gasteiger partial charge on any atom is -0.497 e. The first-order valence-corrected chi connectivity index (χ1v) is 13.0. The van der Waals surface area contributed by atoms with Crippen LogP contribution in [0.2, 0.25) is 0 Å². The molecule has 3 N–H and O–H groups in total. The predicted octanol–water partition coefficient (Wildman–Crippen LogP) is 5.21. The number of furan rings is 1. The third-order valence-electron chi connectivity index (χ3n) is 6.11. The number of non-ortho nitro benzene ring substituents is 1. The molecule has 0 spiro atoms. The molecule has 0 aliphatic carbocycles. The number of thioether (sulfide) groups is 1. The Morgan fingerprint density at radius 3 is 2.52 bits per heavy atom. The van der Waals surface area contributed by atoms with Gasteiger partial charge in [-0.1, -0.05) is 11.8 Å². The van der Waals surface area contributed by atoms with Gasteiger partial charge in [0.25, 0.3) is 11.6 Å². The first-order valence-electron chi connectivity index (χ1n) is 12.0. The Balaban J connectivity index is 1.55. The van der Waals surface area contributed by atoms with Gasteiger partial charge in [-0.05, 0) is 61.9 Å². The standard InChI is InChI=1S/C28H25N5O6S/c1-16-13-19(33(36)37)8-11-22(16)32-24(34)15-40-28-21(14-29)26(23-5-4-12-39-23)25(17(2)30-28)27(35)31-18-6-9-20(38-3)10-7-18/h4-13,26,30H,15H2,1-3H3,(H,31,35)(H,32,34)/t26-/m0/s1. The fraction of sp³-hybridized carbons (Fsp3) is 0.179. The Labute approximate surface area is 234 Å². The zero-order valence-electron chi connectivity index (χ0n) is 21.8. The maximum Gasteiger partial charge on any atom is 0.269 e. The molecule has 0 fully saturated rings. The summed E-state index contributed by atoms with van der Waals surface area (Å²) in [5.74, 6) is -0.601. The first kappa shape index (κ1) is 28.0. The number of methoxy groups -OCH3 is 1. The number of ether oxygens (including phenoxy) is 1. The van der Waals surface area contributed by atoms with Crippen molar-refractivity contribution in [1.29, 1.82) is 5.26 Å². The largest absolute Gasteiger partial charge is 0.497 e. The zero-order chi connectivity index (χ0) is 28.8. The van der Waals surface area contributed by atoms with E-state index in [0.29, 0.717) is 44.7 Å². The number of rotatable bonds is 9. The number of carbonyl (C=O) groups is 2. The van der Waals surface area contributed by atoms with Crippen LogP contribution in [-0.2, 0) is 9.59 Å². The number of nitro groups is 1. The van der Waals surface area contributed by atoms with Crippen molar-refractivity contribution in [3.8, 4) is 11.8 Å². The summed E-state index contributed by atoms with van der Waals surface area (Å²) in [4.78, 5) is 36.7. The second kappa shape index (κ2) is 12.2. The van der Waals surface area contributed by atoms with E-state index < -0.39 is 16.7 Å². The zero-order valence-corrected chi connectivity index (χ0v) is 22.6. The third kappa shape index (κ3) is 6.16. The van der Waals surface area contributed by atoms with Crippen molar-refractivity contribution in [2.24, 2.45) is 0 Å². The highest BCUT2D eigenvalue weighted by atomic mass is 32.2. The van der Waals surface area contributed by atoms with Crippen LogP contribution < -0.4 is 20.7 Å². The number of dihydropyridines is 1. The molecule has 4 rings (SSSR count). The van der Waals surface area contributed by atoms with Gasteiger partial charge in [0, 0.05) is 29.2 Å². The molecular formula is C28H25N5O6S. The lowest BCUT2D eigenvalue weighted by Gasteiger charge is -2.28. The van der Waals surface area contributed by atoms with E-state index in [4.69, 9.17) is 9.15 Å². The SMILES string of the molecule is COc1ccc(NC(=O)C2=C(C)NC(SCC(=O)Nc3ccc([N+](=O)[O-])cc3C)=C(C#N)[C@H]2c2ccco2)cc1. The molecule has 1 aliphatic rings. The third-order valence-corrected chi connectivity index (χ3v) is 7.13. The van der Waals surface area contributed by atoms with Gasteiger partial charge in [-0.15, -0.1) is 0 Å². The molecule has 3 aromatic rings. The van der Waals surface area contributed by atoms with Crippen LogP contribution in [0.5, 0.6) is 5.75 Å². The van der Waals surface area contributed by atoms with E-state index in [2.05, 4.69) is 22.0 Å². The van der Waals surface area contributed by atoms with Crippen LogP contribution in [0.25, 0.3) is 0 Å². The molecule has 0 unspecified atom stereocenters. The highest BCUT2D eigenvalue weighted by Gasteiger charge is 2.36. The van der Waals surface area contributed by atoms with Gasteiger partial charge in [0.2, 0.25) is 5.91 Å². The molecule has 1 aliphatic heterocycles. The van der Waals surface area contributed by atoms with E-state index >= 15 is 0 Å². The smallest absolute Gasteiger partial charge is 0.269 e. The summed E-state index contributed by atoms with van der Waals surface area (Å²) < 4.78 is 10.8. The molecule has 0 radical (unpaired) electrons. The number of allylic oxidation sites excluding steroid dienone is 2. The lowest BCUT2D eigenvalue weighted by Crippen LogP contribution is -2.31. The van der Waals surface area contributed by atoms with E-state index in [1.807, 2.05) is 0 Å². The van der Waals surface area contributed by atoms with E-state index in [1.165, 1.54) is 24.5 Å². The van der Waals surface area contributed by atoms with Gasteiger partial charge in [-0.25, -0.2) is 0 Å². The van der Waals surface area contributed by atoms with Crippen LogP contribution in [-0.4, -0.2) is 29.6 Å². The van der Waals surface area contributed by atoms with E-state index in [-0.39, 0.29) is 22.9 Å². The molecule has 2 heterocycles. The Hall–Kier alpha value is -5.02. The van der Waals surface area contributed by atoms with Crippen molar-refractivity contribution in [1.82, 2.24) is 5.32 Å². The lowest BCUT2D eigenvalue weighted by atomic mass is 9.85. The van der Waals surface area contributed by atoms with Crippen molar-refractivity contribution in [2.45, 2.75) is 19.8 Å². The molecule has 1 atom stereocenters. The molecular weight excluding hydrogens is 534 g/mol. The molecule has 40 heavy (non-hydrogen) atoms. The van der Waals surface area contributed by atoms with Crippen molar-refractivity contribution >= 4 is 40.6 Å². The number of hydrogen-bond donors (Lipinski definition) is 3. The molecule has 0 saturated carbocycles. The summed E-state index contributed by atoms with van der Waals surface area (Å²) in [6.07, 6.45) is 1.47. The molecule has 2 amide bonds. The number of nitro benzene ring substituents is 1. The van der Waals surface area contributed by atoms with E-state index in [1.54, 1.807) is 57.4 Å². The fourth-order valence-electron chi connectivity index (χ4n) is 4.17. The van der Waals surface area contributed by atoms with E-state index in [0.717, 1.165) is 11.8 Å². The number of nitrogens with one attached hydrogen (secondary N) is 3. The van der Waals surface area contributed by atoms with Gasteiger partial charge < -0.3 is 25.1 Å². The minimum absolute atomic E-state index is 0.0600. The molecule has 204 valence electrons. The Bertz CT molecular complexity index is 1550. The Morgan fingerprint density at radius 1 is 1.18 bits per heavy atom. The summed E-state index contributed by atoms with van der Waals surface area (Å²) in [6.45, 7) is 3.38. The van der Waals surface area contributed by atoms with Crippen LogP contribution in [0.15, 0.2) is 87.1 Å². The van der Waals surface area contributed by atoms with E-state index in [9.17, 15) is 25.0 Å². The maximum absolute atomic E-state index is 13.4. The van der Waals surface area contributed by atoms with Crippen molar-refractivity contribution in [3.63, 3.8) is 0 Å². The van der Waals surface area contributed by atoms with Gasteiger partial charge in [-0.2, -0.15) is 5.26 Å². The number of amides is 2. The predicted molar refractivity (Wildman–Crippen MR) is 150 cm³/mol. The number of benzene rings is 2. The second-order valence-corrected chi connectivity index (χ2v) is 9.73. The number of hydrogen-bond acceptors (Lipinski definition) is 9. The number of nitriles is 1. The van der Waals surface area contributed by atoms with Crippen molar-refractivity contribution < 1.29 is 23.7 Å². The maximum atomic E-state index is 13.4. The van der Waals surface area contributed by atoms with Gasteiger partial charge >= 0.3 is 0 Å². The second-order valence-electron chi connectivity index (χ2n) is 8.74. The summed E-state index contributed by atoms with van der Waals surface area (Å²) >= 11 is 1.10. The summed E-state index contributed by atoms with van der Waals surface area (Å²) in [6, 6.07) is 16.6. The molecule has 2 aromatic carbocycles. The number of carbonyl (C=O) groups excluding carboxylic acids is 2. The topological polar surface area (TPSA) is 160 Å². The minimum atomic E-state index is -0.804. The highest BCUT2D eigenvalue weighted by Crippen LogP contribution is 2.41. The number of anilines is 2. The lowest BCUT2D eigenvalue weighted by molar-refractivity contribution is -0.384. The fourth-order valence-corrected chi connectivity index (χ4v) is 5.06. The van der Waals surface area contributed by atoms with Crippen LogP contribution in [0.4, 0.5) is 17.1 Å². The van der Waals surface area contributed by atoms with Crippen LogP contribution >= 0.6 is 11.8 Å². The van der Waals surface area contributed by atoms with Crippen LogP contribution in [0.3, 0.4) is 0 Å². The molecule has 1 aromatic heterocycles. The van der Waals surface area contributed by atoms with Crippen molar-refractivity contribution in [2.75, 3.05) is 23.5 Å². The first-order chi connectivity index (χ1) is 19.2. The summed E-state index contributed by atoms with van der Waals surface area (Å²) in [7, 11) is 1.55. The Morgan fingerprint density at radius 2 is 1.93 bits per heavy atom. The average Bonchev–Trinajstić information content (AvgIpc) is 3.47. The van der Waals surface area contributed by atoms with Crippen LogP contribution in [0, 0.1) is 28.4 Å². The molecule has 11 nitrogen and oxygen atoms in total. The summed E-state index contributed by atoms with van der Waals surface area (Å²) in [5, 5.41) is 30.3. The van der Waals surface area contributed by atoms with Gasteiger partial charge in [0.05, 0.1) is 52.2 Å². The molecule has 0 saturated heterocycles. The van der Waals surface area contributed by atoms with Gasteiger partial charge in [0.15, 0.2) is 0 Å². The molecule has 12 heteroatoms. The monoisotopic (exact) mass is 559 g/mol. The molecule has 0 bridgehead atoms. The van der Waals surface area contributed by atoms with Gasteiger partial charge in [-0.3, -0.25) is 19.7 Å². The number of nitrogens with zero attached hydrogens (tertiary/aromatic N) is 2. The van der Waals surface area contributed by atoms with Crippen LogP contribution in [0.1, 0.15) is 24.2 Å². The normalized spacial score (nSPS) is 14.7. The van der Waals surface area contributed by atoms with Gasteiger partial charge in [0.1, 0.15) is 11.5 Å².